The summed E-state index contributed by atoms with van der Waals surface area (Å²) in [5.74, 6) is 0.929. The van der Waals surface area contributed by atoms with E-state index in [4.69, 9.17) is 11.6 Å². The smallest absolute Gasteiger partial charge is 0.226 e. The van der Waals surface area contributed by atoms with Gasteiger partial charge in [0.05, 0.1) is 10.2 Å². The first kappa shape index (κ1) is 17.3. The fourth-order valence-corrected chi connectivity index (χ4v) is 4.24. The van der Waals surface area contributed by atoms with Crippen molar-refractivity contribution in [2.45, 2.75) is 24.7 Å². The first-order valence-electron chi connectivity index (χ1n) is 7.67. The molecular weight excluding hydrogens is 360 g/mol. The monoisotopic (exact) mass is 376 g/mol. The average molecular weight is 377 g/mol. The molecule has 0 saturated carbocycles. The van der Waals surface area contributed by atoms with E-state index in [1.54, 1.807) is 11.8 Å². The predicted octanol–water partition coefficient (Wildman–Crippen LogP) is 5.77. The molecule has 0 aliphatic rings. The number of halogens is 1. The van der Waals surface area contributed by atoms with Crippen molar-refractivity contribution < 1.29 is 4.79 Å². The minimum atomic E-state index is 0.00599. The van der Waals surface area contributed by atoms with Gasteiger partial charge in [0.25, 0.3) is 0 Å². The van der Waals surface area contributed by atoms with E-state index in [1.165, 1.54) is 16.2 Å². The summed E-state index contributed by atoms with van der Waals surface area (Å²) in [7, 11) is 0. The Kier molecular flexibility index (Phi) is 5.76. The van der Waals surface area contributed by atoms with Gasteiger partial charge < -0.3 is 5.32 Å². The van der Waals surface area contributed by atoms with Crippen molar-refractivity contribution >= 4 is 56.0 Å². The van der Waals surface area contributed by atoms with Crippen LogP contribution in [0.3, 0.4) is 0 Å². The van der Waals surface area contributed by atoms with Crippen LogP contribution in [0.2, 0.25) is 5.02 Å². The highest BCUT2D eigenvalue weighted by Gasteiger charge is 2.11. The maximum absolute atomic E-state index is 12.1. The van der Waals surface area contributed by atoms with Crippen LogP contribution in [0.5, 0.6) is 0 Å². The van der Waals surface area contributed by atoms with Gasteiger partial charge in [-0.1, -0.05) is 41.1 Å². The summed E-state index contributed by atoms with van der Waals surface area (Å²) in [6.07, 6.45) is 1.33. The molecule has 1 amide bonds. The summed E-state index contributed by atoms with van der Waals surface area (Å²) in [5.41, 5.74) is 1.81. The van der Waals surface area contributed by atoms with Gasteiger partial charge in [0.2, 0.25) is 5.91 Å². The van der Waals surface area contributed by atoms with Gasteiger partial charge in [-0.25, -0.2) is 4.98 Å². The van der Waals surface area contributed by atoms with Crippen LogP contribution in [0, 0.1) is 6.92 Å². The molecule has 0 aliphatic carbocycles. The number of benzene rings is 2. The van der Waals surface area contributed by atoms with Crippen LogP contribution in [0.15, 0.2) is 47.4 Å². The van der Waals surface area contributed by atoms with E-state index in [2.05, 4.69) is 22.4 Å². The van der Waals surface area contributed by atoms with E-state index >= 15 is 0 Å². The quantitative estimate of drug-likeness (QED) is 0.438. The standard InChI is InChI=1S/C18H17ClN2OS2/c1-12-14(19)9-10-15-17(12)21-18(24-15)20-16(22)8-5-11-23-13-6-3-2-4-7-13/h2-4,6-7,9-10H,5,8,11H2,1H3,(H,20,21,22). The first-order chi connectivity index (χ1) is 11.6. The molecule has 3 aromatic rings. The lowest BCUT2D eigenvalue weighted by molar-refractivity contribution is -0.116. The van der Waals surface area contributed by atoms with Crippen LogP contribution >= 0.6 is 34.7 Å². The summed E-state index contributed by atoms with van der Waals surface area (Å²) in [6.45, 7) is 1.94. The number of thioether (sulfide) groups is 1. The van der Waals surface area contributed by atoms with Gasteiger partial charge in [-0.2, -0.15) is 0 Å². The molecule has 0 spiro atoms. The fraction of sp³-hybridized carbons (Fsp3) is 0.222. The molecule has 6 heteroatoms. The number of carbonyl (C=O) groups excluding carboxylic acids is 1. The second-order valence-corrected chi connectivity index (χ2v) is 7.96. The molecule has 24 heavy (non-hydrogen) atoms. The van der Waals surface area contributed by atoms with Crippen molar-refractivity contribution in [3.63, 3.8) is 0 Å². The number of thiazole rings is 1. The van der Waals surface area contributed by atoms with Gasteiger partial charge in [0.1, 0.15) is 0 Å². The number of hydrogen-bond donors (Lipinski definition) is 1. The van der Waals surface area contributed by atoms with Crippen molar-refractivity contribution in [1.29, 1.82) is 0 Å². The van der Waals surface area contributed by atoms with E-state index < -0.39 is 0 Å². The van der Waals surface area contributed by atoms with E-state index in [1.807, 2.05) is 37.3 Å². The lowest BCUT2D eigenvalue weighted by atomic mass is 10.2. The van der Waals surface area contributed by atoms with E-state index in [9.17, 15) is 4.79 Å². The number of nitrogens with one attached hydrogen (secondary N) is 1. The molecule has 0 bridgehead atoms. The highest BCUT2D eigenvalue weighted by atomic mass is 35.5. The number of anilines is 1. The lowest BCUT2D eigenvalue weighted by Crippen LogP contribution is -2.11. The Morgan fingerprint density at radius 1 is 1.25 bits per heavy atom. The maximum atomic E-state index is 12.1. The topological polar surface area (TPSA) is 42.0 Å². The third-order valence-electron chi connectivity index (χ3n) is 3.55. The third kappa shape index (κ3) is 4.29. The molecular formula is C18H17ClN2OS2. The SMILES string of the molecule is Cc1c(Cl)ccc2sc(NC(=O)CCCSc3ccccc3)nc12. The molecule has 1 heterocycles. The summed E-state index contributed by atoms with van der Waals surface area (Å²) in [4.78, 5) is 17.8. The molecule has 124 valence electrons. The number of fused-ring (bicyclic) bond motifs is 1. The molecule has 1 N–H and O–H groups in total. The van der Waals surface area contributed by atoms with Gasteiger partial charge in [0.15, 0.2) is 5.13 Å². The second kappa shape index (κ2) is 8.01. The Morgan fingerprint density at radius 2 is 2.04 bits per heavy atom. The molecule has 0 unspecified atom stereocenters. The van der Waals surface area contributed by atoms with Crippen LogP contribution in [-0.2, 0) is 4.79 Å². The number of carbonyl (C=O) groups is 1. The number of nitrogens with zero attached hydrogens (tertiary/aromatic N) is 1. The van der Waals surface area contributed by atoms with Gasteiger partial charge in [-0.05, 0) is 48.9 Å². The highest BCUT2D eigenvalue weighted by molar-refractivity contribution is 7.99. The highest BCUT2D eigenvalue weighted by Crippen LogP contribution is 2.31. The fourth-order valence-electron chi connectivity index (χ4n) is 2.28. The molecule has 0 radical (unpaired) electrons. The Bertz CT molecular complexity index is 849. The Balaban J connectivity index is 1.51. The van der Waals surface area contributed by atoms with Crippen molar-refractivity contribution in [1.82, 2.24) is 4.98 Å². The lowest BCUT2D eigenvalue weighted by Gasteiger charge is -2.02. The average Bonchev–Trinajstić information content (AvgIpc) is 2.99. The first-order valence-corrected chi connectivity index (χ1v) is 9.85. The Morgan fingerprint density at radius 3 is 2.83 bits per heavy atom. The largest absolute Gasteiger partial charge is 0.302 e. The molecule has 0 saturated heterocycles. The van der Waals surface area contributed by atoms with Gasteiger partial charge >= 0.3 is 0 Å². The molecule has 0 aliphatic heterocycles. The van der Waals surface area contributed by atoms with Crippen LogP contribution in [0.4, 0.5) is 5.13 Å². The van der Waals surface area contributed by atoms with Crippen molar-refractivity contribution in [2.75, 3.05) is 11.1 Å². The summed E-state index contributed by atoms with van der Waals surface area (Å²) in [6, 6.07) is 14.0. The van der Waals surface area contributed by atoms with Crippen LogP contribution < -0.4 is 5.32 Å². The van der Waals surface area contributed by atoms with Gasteiger partial charge in [-0.15, -0.1) is 11.8 Å². The number of amides is 1. The zero-order chi connectivity index (χ0) is 16.9. The zero-order valence-corrected chi connectivity index (χ0v) is 15.6. The number of aromatic nitrogens is 1. The second-order valence-electron chi connectivity index (χ2n) is 5.35. The molecule has 1 aromatic heterocycles. The van der Waals surface area contributed by atoms with Crippen LogP contribution in [0.1, 0.15) is 18.4 Å². The molecule has 0 atom stereocenters. The van der Waals surface area contributed by atoms with Crippen LogP contribution in [-0.4, -0.2) is 16.6 Å². The minimum absolute atomic E-state index is 0.00599. The van der Waals surface area contributed by atoms with Crippen molar-refractivity contribution in [2.24, 2.45) is 0 Å². The van der Waals surface area contributed by atoms with Gasteiger partial charge in [-0.3, -0.25) is 4.79 Å². The van der Waals surface area contributed by atoms with E-state index in [-0.39, 0.29) is 5.91 Å². The Hall–Kier alpha value is -1.56. The van der Waals surface area contributed by atoms with E-state index in [0.717, 1.165) is 28.0 Å². The van der Waals surface area contributed by atoms with Crippen molar-refractivity contribution in [3.05, 3.63) is 53.1 Å². The Labute approximate surface area is 154 Å². The molecule has 3 rings (SSSR count). The van der Waals surface area contributed by atoms with Gasteiger partial charge in [0, 0.05) is 16.3 Å². The normalized spacial score (nSPS) is 10.9. The predicted molar refractivity (Wildman–Crippen MR) is 104 cm³/mol. The summed E-state index contributed by atoms with van der Waals surface area (Å²) < 4.78 is 1.03. The zero-order valence-electron chi connectivity index (χ0n) is 13.2. The molecule has 0 fully saturated rings. The summed E-state index contributed by atoms with van der Waals surface area (Å²) in [5, 5.41) is 4.23. The molecule has 3 nitrogen and oxygen atoms in total. The summed E-state index contributed by atoms with van der Waals surface area (Å²) >= 11 is 9.36. The van der Waals surface area contributed by atoms with Crippen molar-refractivity contribution in [3.8, 4) is 0 Å². The number of rotatable bonds is 6. The minimum Gasteiger partial charge on any atom is -0.302 e. The number of hydrogen-bond acceptors (Lipinski definition) is 4. The molecule has 2 aromatic carbocycles. The number of aryl methyl sites for hydroxylation is 1. The maximum Gasteiger partial charge on any atom is 0.226 e. The van der Waals surface area contributed by atoms with E-state index in [0.29, 0.717) is 16.6 Å². The third-order valence-corrected chi connectivity index (χ3v) is 6.00. The van der Waals surface area contributed by atoms with Crippen LogP contribution in [0.25, 0.3) is 10.2 Å².